The second-order valence-electron chi connectivity index (χ2n) is 8.04. The third-order valence-corrected chi connectivity index (χ3v) is 5.83. The van der Waals surface area contributed by atoms with Gasteiger partial charge in [0.2, 0.25) is 5.43 Å². The predicted octanol–water partition coefficient (Wildman–Crippen LogP) is 5.56. The van der Waals surface area contributed by atoms with Gasteiger partial charge in [-0.1, -0.05) is 29.3 Å². The Hall–Kier alpha value is -3.24. The number of rotatable bonds is 4. The number of hydrogen-bond acceptors (Lipinski definition) is 3. The van der Waals surface area contributed by atoms with E-state index in [2.05, 4.69) is 37.9 Å². The lowest BCUT2D eigenvalue weighted by Gasteiger charge is -2.17. The average Bonchev–Trinajstić information content (AvgIpc) is 2.72. The maximum absolute atomic E-state index is 13.2. The molecule has 0 aliphatic heterocycles. The van der Waals surface area contributed by atoms with Crippen LogP contribution in [0.4, 0.5) is 0 Å². The van der Waals surface area contributed by atoms with Gasteiger partial charge in [0, 0.05) is 29.0 Å². The number of carbonyl (C=O) groups excluding carboxylic acids is 1. The second-order valence-corrected chi connectivity index (χ2v) is 8.47. The summed E-state index contributed by atoms with van der Waals surface area (Å²) in [7, 11) is 0. The van der Waals surface area contributed by atoms with Crippen LogP contribution >= 0.6 is 11.6 Å². The lowest BCUT2D eigenvalue weighted by atomic mass is 9.99. The van der Waals surface area contributed by atoms with E-state index in [1.54, 1.807) is 42.6 Å². The molecule has 0 radical (unpaired) electrons. The van der Waals surface area contributed by atoms with Crippen LogP contribution in [0.3, 0.4) is 0 Å². The molecule has 4 aromatic rings. The highest BCUT2D eigenvalue weighted by Crippen LogP contribution is 2.21. The van der Waals surface area contributed by atoms with E-state index in [1.165, 1.54) is 16.7 Å². The molecule has 156 valence electrons. The Morgan fingerprint density at radius 2 is 1.61 bits per heavy atom. The van der Waals surface area contributed by atoms with E-state index in [0.717, 1.165) is 11.3 Å². The summed E-state index contributed by atoms with van der Waals surface area (Å²) >= 11 is 5.96. The van der Waals surface area contributed by atoms with Gasteiger partial charge in [-0.3, -0.25) is 9.59 Å². The normalized spacial score (nSPS) is 11.1. The lowest BCUT2D eigenvalue weighted by Crippen LogP contribution is -2.21. The number of nitrogens with zero attached hydrogens (tertiary/aromatic N) is 2. The molecule has 2 aromatic heterocycles. The highest BCUT2D eigenvalue weighted by atomic mass is 35.5. The zero-order valence-corrected chi connectivity index (χ0v) is 18.7. The number of fused-ring (bicyclic) bond motifs is 1. The minimum atomic E-state index is -0.324. The monoisotopic (exact) mass is 430 g/mol. The number of ketones is 1. The fraction of sp³-hybridized carbons (Fsp3) is 0.192. The largest absolute Gasteiger partial charge is 0.327 e. The fourth-order valence-electron chi connectivity index (χ4n) is 4.03. The molecule has 5 heteroatoms. The molecule has 0 amide bonds. The van der Waals surface area contributed by atoms with Gasteiger partial charge in [-0.05, 0) is 80.8 Å². The van der Waals surface area contributed by atoms with Crippen molar-refractivity contribution in [2.24, 2.45) is 0 Å². The van der Waals surface area contributed by atoms with E-state index in [1.807, 2.05) is 11.5 Å². The molecule has 0 aliphatic carbocycles. The molecule has 0 atom stereocenters. The highest BCUT2D eigenvalue weighted by Gasteiger charge is 2.19. The summed E-state index contributed by atoms with van der Waals surface area (Å²) in [5.41, 5.74) is 6.34. The maximum Gasteiger partial charge on any atom is 0.202 e. The molecule has 0 bridgehead atoms. The van der Waals surface area contributed by atoms with Crippen molar-refractivity contribution >= 4 is 28.4 Å². The van der Waals surface area contributed by atoms with Gasteiger partial charge in [0.25, 0.3) is 0 Å². The van der Waals surface area contributed by atoms with Crippen LogP contribution in [0.5, 0.6) is 0 Å². The van der Waals surface area contributed by atoms with Crippen LogP contribution in [0, 0.1) is 27.7 Å². The van der Waals surface area contributed by atoms with Crippen LogP contribution in [0.1, 0.15) is 43.9 Å². The molecule has 0 spiro atoms. The zero-order valence-electron chi connectivity index (χ0n) is 18.0. The van der Waals surface area contributed by atoms with Crippen molar-refractivity contribution in [1.29, 1.82) is 0 Å². The summed E-state index contributed by atoms with van der Waals surface area (Å²) in [5.74, 6) is -0.324. The fourth-order valence-corrected chi connectivity index (χ4v) is 4.15. The van der Waals surface area contributed by atoms with Gasteiger partial charge in [0.05, 0.1) is 10.9 Å². The molecule has 0 unspecified atom stereocenters. The molecule has 0 aliphatic rings. The third-order valence-electron chi connectivity index (χ3n) is 5.58. The Labute approximate surface area is 186 Å². The number of pyridine rings is 2. The Kier molecular flexibility index (Phi) is 5.50. The van der Waals surface area contributed by atoms with Gasteiger partial charge < -0.3 is 4.57 Å². The Morgan fingerprint density at radius 3 is 2.26 bits per heavy atom. The minimum absolute atomic E-state index is 0.128. The third kappa shape index (κ3) is 4.04. The molecule has 0 saturated heterocycles. The van der Waals surface area contributed by atoms with Crippen molar-refractivity contribution in [3.05, 3.63) is 109 Å². The molecule has 4 nitrogen and oxygen atoms in total. The molecular weight excluding hydrogens is 408 g/mol. The second kappa shape index (κ2) is 8.12. The molecule has 0 saturated carbocycles. The first-order valence-corrected chi connectivity index (χ1v) is 10.5. The van der Waals surface area contributed by atoms with Gasteiger partial charge in [0.1, 0.15) is 5.65 Å². The van der Waals surface area contributed by atoms with Crippen LogP contribution in [0.25, 0.3) is 11.0 Å². The Bertz CT molecular complexity index is 1360. The van der Waals surface area contributed by atoms with E-state index in [9.17, 15) is 9.59 Å². The first-order chi connectivity index (χ1) is 14.7. The predicted molar refractivity (Wildman–Crippen MR) is 125 cm³/mol. The molecule has 0 fully saturated rings. The molecule has 2 aromatic carbocycles. The molecule has 31 heavy (non-hydrogen) atoms. The van der Waals surface area contributed by atoms with E-state index < -0.39 is 0 Å². The number of hydrogen-bond donors (Lipinski definition) is 0. The number of carbonyl (C=O) groups is 1. The highest BCUT2D eigenvalue weighted by molar-refractivity contribution is 6.30. The van der Waals surface area contributed by atoms with Gasteiger partial charge in [-0.15, -0.1) is 0 Å². The lowest BCUT2D eigenvalue weighted by molar-refractivity contribution is 0.103. The summed E-state index contributed by atoms with van der Waals surface area (Å²) in [5, 5.41) is 0.977. The first kappa shape index (κ1) is 21.0. The molecular formula is C26H23ClN2O2. The molecule has 2 heterocycles. The minimum Gasteiger partial charge on any atom is -0.327 e. The summed E-state index contributed by atoms with van der Waals surface area (Å²) in [6.45, 7) is 8.65. The standard InChI is InChI=1S/C26H23ClN2O2/c1-15-11-16(2)22(17(3)12-15)13-29-14-23(24(30)19-6-8-20(27)9-7-19)25(31)21-10-5-18(4)28-26(21)29/h5-12,14H,13H2,1-4H3. The Balaban J connectivity index is 1.93. The van der Waals surface area contributed by atoms with Crippen LogP contribution in [-0.4, -0.2) is 15.3 Å². The van der Waals surface area contributed by atoms with E-state index in [4.69, 9.17) is 11.6 Å². The summed E-state index contributed by atoms with van der Waals surface area (Å²) < 4.78 is 1.91. The average molecular weight is 431 g/mol. The van der Waals surface area contributed by atoms with Crippen molar-refractivity contribution in [2.45, 2.75) is 34.2 Å². The van der Waals surface area contributed by atoms with Gasteiger partial charge >= 0.3 is 0 Å². The topological polar surface area (TPSA) is 52.0 Å². The van der Waals surface area contributed by atoms with E-state index in [-0.39, 0.29) is 16.8 Å². The van der Waals surface area contributed by atoms with Crippen molar-refractivity contribution in [1.82, 2.24) is 9.55 Å². The molecule has 0 N–H and O–H groups in total. The van der Waals surface area contributed by atoms with Gasteiger partial charge in [-0.25, -0.2) is 4.98 Å². The number of halogens is 1. The van der Waals surface area contributed by atoms with Crippen LogP contribution in [0.2, 0.25) is 5.02 Å². The number of benzene rings is 2. The van der Waals surface area contributed by atoms with E-state index >= 15 is 0 Å². The number of aromatic nitrogens is 2. The zero-order chi connectivity index (χ0) is 22.3. The maximum atomic E-state index is 13.2. The number of aryl methyl sites for hydroxylation is 4. The first-order valence-electron chi connectivity index (χ1n) is 10.1. The summed E-state index contributed by atoms with van der Waals surface area (Å²) in [4.78, 5) is 31.0. The van der Waals surface area contributed by atoms with E-state index in [0.29, 0.717) is 28.2 Å². The van der Waals surface area contributed by atoms with Crippen LogP contribution in [-0.2, 0) is 6.54 Å². The van der Waals surface area contributed by atoms with Crippen molar-refractivity contribution in [3.8, 4) is 0 Å². The van der Waals surface area contributed by atoms with Crippen LogP contribution in [0.15, 0.2) is 59.5 Å². The van der Waals surface area contributed by atoms with Crippen LogP contribution < -0.4 is 5.43 Å². The van der Waals surface area contributed by atoms with Crippen molar-refractivity contribution in [3.63, 3.8) is 0 Å². The smallest absolute Gasteiger partial charge is 0.202 e. The Morgan fingerprint density at radius 1 is 0.968 bits per heavy atom. The summed E-state index contributed by atoms with van der Waals surface area (Å²) in [6.07, 6.45) is 1.65. The quantitative estimate of drug-likeness (QED) is 0.398. The van der Waals surface area contributed by atoms with Crippen molar-refractivity contribution < 1.29 is 4.79 Å². The van der Waals surface area contributed by atoms with Gasteiger partial charge in [0.15, 0.2) is 5.78 Å². The molecule has 4 rings (SSSR count). The SMILES string of the molecule is Cc1cc(C)c(Cn2cc(C(=O)c3ccc(Cl)cc3)c(=O)c3ccc(C)nc32)c(C)c1. The van der Waals surface area contributed by atoms with Gasteiger partial charge in [-0.2, -0.15) is 0 Å². The van der Waals surface area contributed by atoms with Crippen molar-refractivity contribution in [2.75, 3.05) is 0 Å². The summed E-state index contributed by atoms with van der Waals surface area (Å²) in [6, 6.07) is 14.4.